The number of rotatable bonds is 8. The maximum Gasteiger partial charge on any atom is 0.260 e. The third-order valence-corrected chi connectivity index (χ3v) is 4.50. The van der Waals surface area contributed by atoms with E-state index in [2.05, 4.69) is 11.4 Å². The quantitative estimate of drug-likeness (QED) is 0.605. The van der Waals surface area contributed by atoms with Crippen molar-refractivity contribution in [2.75, 3.05) is 13.7 Å². The summed E-state index contributed by atoms with van der Waals surface area (Å²) in [4.78, 5) is 12.3. The van der Waals surface area contributed by atoms with E-state index in [1.165, 1.54) is 5.56 Å². The Morgan fingerprint density at radius 1 is 0.963 bits per heavy atom. The normalized spacial score (nSPS) is 11.8. The summed E-state index contributed by atoms with van der Waals surface area (Å²) in [7, 11) is 1.66. The minimum Gasteiger partial charge on any atom is -0.497 e. The van der Waals surface area contributed by atoms with Crippen LogP contribution in [0.15, 0.2) is 66.7 Å². The van der Waals surface area contributed by atoms with Crippen LogP contribution in [0.25, 0.3) is 10.8 Å². The fourth-order valence-corrected chi connectivity index (χ4v) is 2.94. The number of hydrogen-bond donors (Lipinski definition) is 1. The van der Waals surface area contributed by atoms with Crippen molar-refractivity contribution in [2.45, 2.75) is 25.9 Å². The van der Waals surface area contributed by atoms with Crippen LogP contribution in [0.5, 0.6) is 11.5 Å². The highest BCUT2D eigenvalue weighted by molar-refractivity contribution is 5.84. The Balaban J connectivity index is 1.44. The monoisotopic (exact) mass is 363 g/mol. The Labute approximate surface area is 160 Å². The lowest BCUT2D eigenvalue weighted by atomic mass is 10.1. The molecule has 0 aromatic heterocycles. The molecule has 27 heavy (non-hydrogen) atoms. The predicted octanol–water partition coefficient (Wildman–Crippen LogP) is 4.36. The van der Waals surface area contributed by atoms with Crippen LogP contribution >= 0.6 is 0 Å². The first kappa shape index (κ1) is 18.8. The molecule has 0 heterocycles. The molecule has 140 valence electrons. The molecule has 0 aliphatic carbocycles. The Kier molecular flexibility index (Phi) is 6.31. The van der Waals surface area contributed by atoms with Gasteiger partial charge in [-0.3, -0.25) is 4.79 Å². The summed E-state index contributed by atoms with van der Waals surface area (Å²) < 4.78 is 11.0. The van der Waals surface area contributed by atoms with Crippen molar-refractivity contribution < 1.29 is 14.3 Å². The molecule has 3 aromatic rings. The van der Waals surface area contributed by atoms with Crippen LogP contribution in [0.3, 0.4) is 0 Å². The zero-order valence-electron chi connectivity index (χ0n) is 15.8. The zero-order chi connectivity index (χ0) is 19.1. The predicted molar refractivity (Wildman–Crippen MR) is 108 cm³/mol. The fourth-order valence-electron chi connectivity index (χ4n) is 2.94. The summed E-state index contributed by atoms with van der Waals surface area (Å²) in [5.74, 6) is 1.46. The van der Waals surface area contributed by atoms with Gasteiger partial charge in [0.1, 0.15) is 11.5 Å². The van der Waals surface area contributed by atoms with Crippen molar-refractivity contribution in [1.82, 2.24) is 5.32 Å². The van der Waals surface area contributed by atoms with E-state index in [1.807, 2.05) is 60.7 Å². The summed E-state index contributed by atoms with van der Waals surface area (Å²) in [5.41, 5.74) is 1.23. The molecule has 0 aliphatic heterocycles. The van der Waals surface area contributed by atoms with Gasteiger partial charge in [-0.1, -0.05) is 42.5 Å². The lowest BCUT2D eigenvalue weighted by Gasteiger charge is -2.15. The summed E-state index contributed by atoms with van der Waals surface area (Å²) in [6.45, 7) is 2.39. The Hall–Kier alpha value is -3.01. The number of fused-ring (bicyclic) bond motifs is 1. The van der Waals surface area contributed by atoms with Gasteiger partial charge in [0.2, 0.25) is 0 Å². The van der Waals surface area contributed by atoms with Gasteiger partial charge in [-0.05, 0) is 60.4 Å². The maximum absolute atomic E-state index is 12.3. The Morgan fingerprint density at radius 2 is 1.67 bits per heavy atom. The van der Waals surface area contributed by atoms with Gasteiger partial charge in [-0.2, -0.15) is 0 Å². The molecule has 0 aliphatic rings. The van der Waals surface area contributed by atoms with Crippen LogP contribution in [-0.4, -0.2) is 25.7 Å². The standard InChI is InChI=1S/C23H25NO3/c1-17(27-22-14-11-19-7-3-4-8-20(19)16-22)23(25)24-15-5-6-18-9-12-21(26-2)13-10-18/h3-4,7-14,16-17H,5-6,15H2,1-2H3,(H,24,25). The molecule has 3 aromatic carbocycles. The second kappa shape index (κ2) is 9.08. The number of ether oxygens (including phenoxy) is 2. The first-order chi connectivity index (χ1) is 13.2. The molecule has 0 radical (unpaired) electrons. The molecule has 4 nitrogen and oxygen atoms in total. The molecule has 0 spiro atoms. The first-order valence-corrected chi connectivity index (χ1v) is 9.22. The molecule has 1 unspecified atom stereocenters. The van der Waals surface area contributed by atoms with Gasteiger partial charge in [0.25, 0.3) is 5.91 Å². The van der Waals surface area contributed by atoms with E-state index in [4.69, 9.17) is 9.47 Å². The van der Waals surface area contributed by atoms with Crippen LogP contribution < -0.4 is 14.8 Å². The van der Waals surface area contributed by atoms with Gasteiger partial charge in [0, 0.05) is 6.54 Å². The average molecular weight is 363 g/mol. The van der Waals surface area contributed by atoms with Crippen molar-refractivity contribution in [2.24, 2.45) is 0 Å². The average Bonchev–Trinajstić information content (AvgIpc) is 2.71. The molecule has 1 N–H and O–H groups in total. The lowest BCUT2D eigenvalue weighted by molar-refractivity contribution is -0.127. The van der Waals surface area contributed by atoms with Crippen LogP contribution in [0.1, 0.15) is 18.9 Å². The van der Waals surface area contributed by atoms with Crippen LogP contribution in [0.2, 0.25) is 0 Å². The zero-order valence-corrected chi connectivity index (χ0v) is 15.8. The van der Waals surface area contributed by atoms with E-state index in [1.54, 1.807) is 14.0 Å². The molecule has 4 heteroatoms. The lowest BCUT2D eigenvalue weighted by Crippen LogP contribution is -2.36. The minimum atomic E-state index is -0.535. The van der Waals surface area contributed by atoms with Crippen molar-refractivity contribution in [3.8, 4) is 11.5 Å². The molecule has 0 fully saturated rings. The molecule has 3 rings (SSSR count). The molecule has 1 amide bonds. The molecule has 0 saturated heterocycles. The second-order valence-corrected chi connectivity index (χ2v) is 6.51. The van der Waals surface area contributed by atoms with Crippen molar-refractivity contribution in [1.29, 1.82) is 0 Å². The van der Waals surface area contributed by atoms with Gasteiger partial charge in [0.05, 0.1) is 7.11 Å². The molecular weight excluding hydrogens is 338 g/mol. The number of carbonyl (C=O) groups is 1. The van der Waals surface area contributed by atoms with Crippen LogP contribution in [0, 0.1) is 0 Å². The number of amides is 1. The summed E-state index contributed by atoms with van der Waals surface area (Å²) >= 11 is 0. The first-order valence-electron chi connectivity index (χ1n) is 9.22. The van der Waals surface area contributed by atoms with Crippen molar-refractivity contribution >= 4 is 16.7 Å². The van der Waals surface area contributed by atoms with Crippen molar-refractivity contribution in [3.05, 3.63) is 72.3 Å². The van der Waals surface area contributed by atoms with E-state index < -0.39 is 6.10 Å². The third-order valence-electron chi connectivity index (χ3n) is 4.50. The minimum absolute atomic E-state index is 0.0992. The molecular formula is C23H25NO3. The maximum atomic E-state index is 12.3. The highest BCUT2D eigenvalue weighted by atomic mass is 16.5. The van der Waals surface area contributed by atoms with E-state index in [0.29, 0.717) is 12.3 Å². The summed E-state index contributed by atoms with van der Waals surface area (Å²) in [6.07, 6.45) is 1.25. The van der Waals surface area contributed by atoms with Gasteiger partial charge in [-0.25, -0.2) is 0 Å². The second-order valence-electron chi connectivity index (χ2n) is 6.51. The number of hydrogen-bond acceptors (Lipinski definition) is 3. The highest BCUT2D eigenvalue weighted by Gasteiger charge is 2.14. The van der Waals surface area contributed by atoms with Gasteiger partial charge in [0.15, 0.2) is 6.10 Å². The van der Waals surface area contributed by atoms with Gasteiger partial charge >= 0.3 is 0 Å². The molecule has 1 atom stereocenters. The van der Waals surface area contributed by atoms with E-state index in [-0.39, 0.29) is 5.91 Å². The highest BCUT2D eigenvalue weighted by Crippen LogP contribution is 2.21. The van der Waals surface area contributed by atoms with Crippen LogP contribution in [-0.2, 0) is 11.2 Å². The molecule has 0 saturated carbocycles. The number of nitrogens with one attached hydrogen (secondary N) is 1. The third kappa shape index (κ3) is 5.23. The number of methoxy groups -OCH3 is 1. The smallest absolute Gasteiger partial charge is 0.260 e. The van der Waals surface area contributed by atoms with Gasteiger partial charge in [-0.15, -0.1) is 0 Å². The Morgan fingerprint density at radius 3 is 2.41 bits per heavy atom. The van der Waals surface area contributed by atoms with Crippen molar-refractivity contribution in [3.63, 3.8) is 0 Å². The number of benzene rings is 3. The van der Waals surface area contributed by atoms with E-state index in [9.17, 15) is 4.79 Å². The number of aryl methyl sites for hydroxylation is 1. The SMILES string of the molecule is COc1ccc(CCCNC(=O)C(C)Oc2ccc3ccccc3c2)cc1. The fraction of sp³-hybridized carbons (Fsp3) is 0.261. The summed E-state index contributed by atoms with van der Waals surface area (Å²) in [5, 5.41) is 5.20. The van der Waals surface area contributed by atoms with Crippen LogP contribution in [0.4, 0.5) is 0 Å². The largest absolute Gasteiger partial charge is 0.497 e. The van der Waals surface area contributed by atoms with Gasteiger partial charge < -0.3 is 14.8 Å². The van der Waals surface area contributed by atoms with E-state index in [0.717, 1.165) is 29.4 Å². The molecule has 0 bridgehead atoms. The topological polar surface area (TPSA) is 47.6 Å². The summed E-state index contributed by atoms with van der Waals surface area (Å²) in [6, 6.07) is 21.9. The Bertz CT molecular complexity index is 890. The number of carbonyl (C=O) groups excluding carboxylic acids is 1. The van der Waals surface area contributed by atoms with E-state index >= 15 is 0 Å².